The van der Waals surface area contributed by atoms with Gasteiger partial charge in [-0.15, -0.1) is 0 Å². The van der Waals surface area contributed by atoms with Crippen LogP contribution in [0.1, 0.15) is 48.3 Å². The first-order chi connectivity index (χ1) is 12.2. The van der Waals surface area contributed by atoms with Crippen molar-refractivity contribution in [2.24, 2.45) is 0 Å². The fraction of sp³-hybridized carbons (Fsp3) is 0.500. The van der Waals surface area contributed by atoms with Gasteiger partial charge in [0.25, 0.3) is 5.91 Å². The van der Waals surface area contributed by atoms with Gasteiger partial charge in [-0.3, -0.25) is 4.79 Å². The number of carbonyl (C=O) groups excluding carboxylic acids is 1. The maximum atomic E-state index is 12.9. The zero-order chi connectivity index (χ0) is 17.6. The van der Waals surface area contributed by atoms with Gasteiger partial charge >= 0.3 is 0 Å². The van der Waals surface area contributed by atoms with Crippen molar-refractivity contribution in [3.05, 3.63) is 41.5 Å². The van der Waals surface area contributed by atoms with Crippen LogP contribution >= 0.6 is 0 Å². The number of benzene rings is 1. The Hall–Kier alpha value is -2.41. The molecule has 0 bridgehead atoms. The minimum absolute atomic E-state index is 0.00437. The van der Waals surface area contributed by atoms with Gasteiger partial charge < -0.3 is 19.8 Å². The van der Waals surface area contributed by atoms with Crippen LogP contribution in [0.3, 0.4) is 0 Å². The molecule has 0 spiro atoms. The molecule has 1 amide bonds. The molecule has 0 saturated carbocycles. The molecule has 2 aromatic rings. The number of amides is 1. The summed E-state index contributed by atoms with van der Waals surface area (Å²) in [6, 6.07) is 7.30. The van der Waals surface area contributed by atoms with Crippen molar-refractivity contribution in [2.45, 2.75) is 45.2 Å². The van der Waals surface area contributed by atoms with Crippen molar-refractivity contribution in [1.29, 1.82) is 0 Å². The Morgan fingerprint density at radius 1 is 1.44 bits per heavy atom. The molecule has 1 saturated heterocycles. The number of rotatable bonds is 7. The van der Waals surface area contributed by atoms with Crippen LogP contribution in [-0.4, -0.2) is 45.2 Å². The van der Waals surface area contributed by atoms with Crippen LogP contribution in [0.4, 0.5) is 5.69 Å². The van der Waals surface area contributed by atoms with Gasteiger partial charge in [0.15, 0.2) is 5.82 Å². The normalized spacial score (nSPS) is 17.0. The number of carbonyl (C=O) groups is 1. The highest BCUT2D eigenvalue weighted by molar-refractivity contribution is 5.99. The lowest BCUT2D eigenvalue weighted by Crippen LogP contribution is -2.37. The molecule has 134 valence electrons. The molecule has 1 fully saturated rings. The summed E-state index contributed by atoms with van der Waals surface area (Å²) in [4.78, 5) is 18.9. The van der Waals surface area contributed by atoms with Crippen molar-refractivity contribution >= 4 is 11.6 Å². The molecule has 3 rings (SSSR count). The van der Waals surface area contributed by atoms with E-state index in [9.17, 15) is 9.90 Å². The highest BCUT2D eigenvalue weighted by atomic mass is 16.5. The van der Waals surface area contributed by atoms with Crippen molar-refractivity contribution in [2.75, 3.05) is 18.5 Å². The van der Waals surface area contributed by atoms with E-state index in [1.54, 1.807) is 11.0 Å². The van der Waals surface area contributed by atoms with Gasteiger partial charge in [0.1, 0.15) is 0 Å². The van der Waals surface area contributed by atoms with Crippen LogP contribution in [0.5, 0.6) is 0 Å². The van der Waals surface area contributed by atoms with Gasteiger partial charge in [-0.05, 0) is 31.4 Å². The van der Waals surface area contributed by atoms with Crippen LogP contribution in [0.25, 0.3) is 0 Å². The summed E-state index contributed by atoms with van der Waals surface area (Å²) in [6.07, 6.45) is 3.49. The average molecular weight is 344 g/mol. The Morgan fingerprint density at radius 2 is 2.28 bits per heavy atom. The highest BCUT2D eigenvalue weighted by Crippen LogP contribution is 2.24. The molecule has 1 aliphatic heterocycles. The smallest absolute Gasteiger partial charge is 0.256 e. The molecular weight excluding hydrogens is 320 g/mol. The number of aromatic nitrogens is 2. The van der Waals surface area contributed by atoms with E-state index < -0.39 is 0 Å². The van der Waals surface area contributed by atoms with Crippen LogP contribution in [0.2, 0.25) is 0 Å². The predicted octanol–water partition coefficient (Wildman–Crippen LogP) is 2.23. The lowest BCUT2D eigenvalue weighted by atomic mass is 10.1. The number of nitrogens with zero attached hydrogens (tertiary/aromatic N) is 3. The number of aliphatic hydroxyl groups is 1. The lowest BCUT2D eigenvalue weighted by molar-refractivity contribution is 0.0678. The number of aryl methyl sites for hydroxylation is 1. The van der Waals surface area contributed by atoms with Gasteiger partial charge in [-0.25, -0.2) is 0 Å². The molecular formula is C18H24N4O3. The summed E-state index contributed by atoms with van der Waals surface area (Å²) in [5.74, 6) is 1.14. The highest BCUT2D eigenvalue weighted by Gasteiger charge is 2.29. The Bertz CT molecular complexity index is 716. The molecule has 2 heterocycles. The maximum Gasteiger partial charge on any atom is 0.256 e. The number of aliphatic hydroxyl groups excluding tert-OH is 1. The van der Waals surface area contributed by atoms with Gasteiger partial charge in [0.05, 0.1) is 24.8 Å². The second-order valence-electron chi connectivity index (χ2n) is 6.23. The standard InChI is InChI=1S/C18H24N4O3/c1-2-6-17-20-16(21-25-17)11-19-15-9-4-3-8-14(15)18(24)22-10-5-7-13(22)12-23/h3-4,8-9,13,19,23H,2,5-7,10-12H2,1H3/t13-/m0/s1. The lowest BCUT2D eigenvalue weighted by Gasteiger charge is -2.24. The third-order valence-corrected chi connectivity index (χ3v) is 4.42. The molecule has 1 aromatic carbocycles. The monoisotopic (exact) mass is 344 g/mol. The minimum atomic E-state index is -0.0886. The van der Waals surface area contributed by atoms with E-state index >= 15 is 0 Å². The van der Waals surface area contributed by atoms with Crippen molar-refractivity contribution in [3.63, 3.8) is 0 Å². The van der Waals surface area contributed by atoms with Crippen LogP contribution < -0.4 is 5.32 Å². The molecule has 25 heavy (non-hydrogen) atoms. The molecule has 0 aliphatic carbocycles. The maximum absolute atomic E-state index is 12.9. The van der Waals surface area contributed by atoms with E-state index in [0.717, 1.165) is 31.4 Å². The molecule has 7 heteroatoms. The first kappa shape index (κ1) is 17.4. The van der Waals surface area contributed by atoms with Gasteiger partial charge in [-0.2, -0.15) is 4.98 Å². The molecule has 1 aliphatic rings. The molecule has 1 aromatic heterocycles. The van der Waals surface area contributed by atoms with Crippen molar-refractivity contribution < 1.29 is 14.4 Å². The van der Waals surface area contributed by atoms with E-state index in [1.165, 1.54) is 0 Å². The van der Waals surface area contributed by atoms with E-state index in [2.05, 4.69) is 22.4 Å². The second-order valence-corrected chi connectivity index (χ2v) is 6.23. The third kappa shape index (κ3) is 3.99. The number of nitrogens with one attached hydrogen (secondary N) is 1. The fourth-order valence-corrected chi connectivity index (χ4v) is 3.12. The predicted molar refractivity (Wildman–Crippen MR) is 93.2 cm³/mol. The molecule has 2 N–H and O–H groups in total. The third-order valence-electron chi connectivity index (χ3n) is 4.42. The largest absolute Gasteiger partial charge is 0.394 e. The van der Waals surface area contributed by atoms with Crippen LogP contribution in [0.15, 0.2) is 28.8 Å². The topological polar surface area (TPSA) is 91.5 Å². The SMILES string of the molecule is CCCc1nc(CNc2ccccc2C(=O)N2CCC[C@H]2CO)no1. The van der Waals surface area contributed by atoms with E-state index in [1.807, 2.05) is 18.2 Å². The quantitative estimate of drug-likeness (QED) is 0.800. The molecule has 0 radical (unpaired) electrons. The summed E-state index contributed by atoms with van der Waals surface area (Å²) >= 11 is 0. The molecule has 7 nitrogen and oxygen atoms in total. The second kappa shape index (κ2) is 8.11. The Balaban J connectivity index is 1.71. The summed E-state index contributed by atoms with van der Waals surface area (Å²) in [7, 11) is 0. The van der Waals surface area contributed by atoms with Crippen molar-refractivity contribution in [3.8, 4) is 0 Å². The Kier molecular flexibility index (Phi) is 5.65. The van der Waals surface area contributed by atoms with E-state index in [4.69, 9.17) is 4.52 Å². The summed E-state index contributed by atoms with van der Waals surface area (Å²) in [5, 5.41) is 16.6. The van der Waals surface area contributed by atoms with E-state index in [0.29, 0.717) is 30.4 Å². The zero-order valence-corrected chi connectivity index (χ0v) is 14.4. The van der Waals surface area contributed by atoms with Crippen LogP contribution in [-0.2, 0) is 13.0 Å². The van der Waals surface area contributed by atoms with Crippen LogP contribution in [0, 0.1) is 0 Å². The number of hydrogen-bond donors (Lipinski definition) is 2. The summed E-state index contributed by atoms with van der Waals surface area (Å²) < 4.78 is 5.18. The number of para-hydroxylation sites is 1. The van der Waals surface area contributed by atoms with E-state index in [-0.39, 0.29) is 18.6 Å². The first-order valence-corrected chi connectivity index (χ1v) is 8.79. The number of hydrogen-bond acceptors (Lipinski definition) is 6. The summed E-state index contributed by atoms with van der Waals surface area (Å²) in [6.45, 7) is 3.14. The Labute approximate surface area is 147 Å². The summed E-state index contributed by atoms with van der Waals surface area (Å²) in [5.41, 5.74) is 1.33. The van der Waals surface area contributed by atoms with Crippen molar-refractivity contribution in [1.82, 2.24) is 15.0 Å². The minimum Gasteiger partial charge on any atom is -0.394 e. The van der Waals surface area contributed by atoms with Gasteiger partial charge in [-0.1, -0.05) is 24.2 Å². The van der Waals surface area contributed by atoms with Gasteiger partial charge in [0, 0.05) is 18.7 Å². The first-order valence-electron chi connectivity index (χ1n) is 8.79. The molecule has 0 unspecified atom stereocenters. The molecule has 1 atom stereocenters. The average Bonchev–Trinajstić information content (AvgIpc) is 3.29. The Morgan fingerprint density at radius 3 is 3.08 bits per heavy atom. The fourth-order valence-electron chi connectivity index (χ4n) is 3.12. The number of anilines is 1. The van der Waals surface area contributed by atoms with Gasteiger partial charge in [0.2, 0.25) is 5.89 Å². The zero-order valence-electron chi connectivity index (χ0n) is 14.4. The number of likely N-dealkylation sites (tertiary alicyclic amines) is 1.